The number of urea groups is 1. The van der Waals surface area contributed by atoms with E-state index in [0.29, 0.717) is 25.6 Å². The van der Waals surface area contributed by atoms with Crippen LogP contribution in [0.4, 0.5) is 10.5 Å². The molecule has 0 radical (unpaired) electrons. The topological polar surface area (TPSA) is 66.4 Å². The minimum Gasteiger partial charge on any atom is -0.342 e. The minimum absolute atomic E-state index is 0.108. The van der Waals surface area contributed by atoms with Crippen LogP contribution in [0.25, 0.3) is 10.9 Å². The summed E-state index contributed by atoms with van der Waals surface area (Å²) >= 11 is 0. The van der Waals surface area contributed by atoms with Gasteiger partial charge in [0.25, 0.3) is 0 Å². The van der Waals surface area contributed by atoms with Gasteiger partial charge in [0.1, 0.15) is 6.54 Å². The minimum atomic E-state index is -0.186. The van der Waals surface area contributed by atoms with Gasteiger partial charge in [-0.1, -0.05) is 30.3 Å². The molecule has 2 N–H and O–H groups in total. The summed E-state index contributed by atoms with van der Waals surface area (Å²) in [5, 5.41) is 6.97. The first-order valence-electron chi connectivity index (χ1n) is 10.6. The predicted molar refractivity (Wildman–Crippen MR) is 120 cm³/mol. The number of benzene rings is 2. The second-order valence-electron chi connectivity index (χ2n) is 7.74. The van der Waals surface area contributed by atoms with Crippen LogP contribution in [0.1, 0.15) is 31.7 Å². The molecule has 156 valence electrons. The Morgan fingerprint density at radius 2 is 1.83 bits per heavy atom. The Balaban J connectivity index is 1.36. The van der Waals surface area contributed by atoms with Crippen LogP contribution >= 0.6 is 0 Å². The van der Waals surface area contributed by atoms with Crippen molar-refractivity contribution in [2.24, 2.45) is 0 Å². The zero-order valence-corrected chi connectivity index (χ0v) is 17.5. The molecule has 1 fully saturated rings. The summed E-state index contributed by atoms with van der Waals surface area (Å²) in [4.78, 5) is 26.6. The summed E-state index contributed by atoms with van der Waals surface area (Å²) in [7, 11) is 0. The molecule has 0 aliphatic heterocycles. The van der Waals surface area contributed by atoms with E-state index in [1.165, 1.54) is 5.56 Å². The van der Waals surface area contributed by atoms with E-state index in [1.807, 2.05) is 72.0 Å². The third kappa shape index (κ3) is 4.32. The lowest BCUT2D eigenvalue weighted by Crippen LogP contribution is -2.33. The molecule has 0 spiro atoms. The number of aromatic nitrogens is 1. The number of fused-ring (bicyclic) bond motifs is 1. The number of carbonyl (C=O) groups excluding carboxylic acids is 2. The van der Waals surface area contributed by atoms with E-state index in [1.54, 1.807) is 0 Å². The van der Waals surface area contributed by atoms with Crippen molar-refractivity contribution < 1.29 is 9.59 Å². The van der Waals surface area contributed by atoms with Crippen LogP contribution in [0.2, 0.25) is 0 Å². The van der Waals surface area contributed by atoms with E-state index in [-0.39, 0.29) is 18.0 Å². The quantitative estimate of drug-likeness (QED) is 0.620. The van der Waals surface area contributed by atoms with Crippen LogP contribution in [0.5, 0.6) is 0 Å². The van der Waals surface area contributed by atoms with Crippen molar-refractivity contribution in [2.75, 3.05) is 18.4 Å². The van der Waals surface area contributed by atoms with Crippen molar-refractivity contribution in [1.29, 1.82) is 0 Å². The second-order valence-corrected chi connectivity index (χ2v) is 7.74. The Hall–Kier alpha value is -3.28. The molecule has 0 bridgehead atoms. The first-order valence-corrected chi connectivity index (χ1v) is 10.6. The lowest BCUT2D eigenvalue weighted by molar-refractivity contribution is -0.131. The Labute approximate surface area is 176 Å². The molecular formula is C24H28N4O2. The molecule has 6 nitrogen and oxygen atoms in total. The average Bonchev–Trinajstić information content (AvgIpc) is 3.41. The summed E-state index contributed by atoms with van der Waals surface area (Å²) in [6.45, 7) is 5.72. The molecule has 1 aliphatic carbocycles. The Bertz CT molecular complexity index is 1040. The predicted octanol–water partition coefficient (Wildman–Crippen LogP) is 4.19. The van der Waals surface area contributed by atoms with Crippen LogP contribution in [0.3, 0.4) is 0 Å². The van der Waals surface area contributed by atoms with E-state index in [2.05, 4.69) is 22.8 Å². The lowest BCUT2D eigenvalue weighted by Gasteiger charge is -2.19. The van der Waals surface area contributed by atoms with Crippen LogP contribution in [-0.2, 0) is 11.3 Å². The van der Waals surface area contributed by atoms with Gasteiger partial charge in [-0.05, 0) is 50.1 Å². The fourth-order valence-electron chi connectivity index (χ4n) is 4.00. The highest BCUT2D eigenvalue weighted by Gasteiger charge is 2.39. The monoisotopic (exact) mass is 404 g/mol. The van der Waals surface area contributed by atoms with Crippen molar-refractivity contribution in [1.82, 2.24) is 14.8 Å². The SMILES string of the molecule is CCN(CC)C(=O)Cn1ccc2cc(NC(=O)NC3CC3c3ccccc3)ccc21. The van der Waals surface area contributed by atoms with Crippen molar-refractivity contribution in [3.8, 4) is 0 Å². The van der Waals surface area contributed by atoms with E-state index in [0.717, 1.165) is 23.0 Å². The molecule has 30 heavy (non-hydrogen) atoms. The molecule has 3 amide bonds. The summed E-state index contributed by atoms with van der Waals surface area (Å²) in [6.07, 6.45) is 2.89. The number of hydrogen-bond donors (Lipinski definition) is 2. The summed E-state index contributed by atoms with van der Waals surface area (Å²) in [6, 6.07) is 18.0. The van der Waals surface area contributed by atoms with Crippen LogP contribution in [0, 0.1) is 0 Å². The Kier molecular flexibility index (Phi) is 5.74. The highest BCUT2D eigenvalue weighted by Crippen LogP contribution is 2.40. The van der Waals surface area contributed by atoms with Gasteiger partial charge in [-0.3, -0.25) is 4.79 Å². The number of nitrogens with zero attached hydrogens (tertiary/aromatic N) is 2. The molecule has 1 saturated carbocycles. The number of anilines is 1. The fraction of sp³-hybridized carbons (Fsp3) is 0.333. The first kappa shape index (κ1) is 20.0. The third-order valence-corrected chi connectivity index (χ3v) is 5.79. The van der Waals surface area contributed by atoms with Crippen molar-refractivity contribution in [3.05, 3.63) is 66.4 Å². The molecule has 1 aliphatic rings. The summed E-state index contributed by atoms with van der Waals surface area (Å²) in [5.41, 5.74) is 2.99. The molecule has 2 unspecified atom stereocenters. The zero-order valence-electron chi connectivity index (χ0n) is 17.5. The van der Waals surface area contributed by atoms with E-state index in [4.69, 9.17) is 0 Å². The van der Waals surface area contributed by atoms with Gasteiger partial charge in [0.2, 0.25) is 5.91 Å². The highest BCUT2D eigenvalue weighted by molar-refractivity contribution is 5.93. The standard InChI is InChI=1S/C24H28N4O2/c1-3-27(4-2)23(29)16-28-13-12-18-14-19(10-11-22(18)28)25-24(30)26-21-15-20(21)17-8-6-5-7-9-17/h5-14,20-21H,3-4,15-16H2,1-2H3,(H2,25,26,30). The molecule has 0 saturated heterocycles. The molecular weight excluding hydrogens is 376 g/mol. The molecule has 2 atom stereocenters. The smallest absolute Gasteiger partial charge is 0.319 e. The number of likely N-dealkylation sites (N-methyl/N-ethyl adjacent to an activating group) is 1. The van der Waals surface area contributed by atoms with Gasteiger partial charge in [0.05, 0.1) is 0 Å². The van der Waals surface area contributed by atoms with Gasteiger partial charge < -0.3 is 20.1 Å². The van der Waals surface area contributed by atoms with E-state index < -0.39 is 0 Å². The van der Waals surface area contributed by atoms with E-state index in [9.17, 15) is 9.59 Å². The van der Waals surface area contributed by atoms with Gasteiger partial charge in [-0.15, -0.1) is 0 Å². The van der Waals surface area contributed by atoms with Gasteiger partial charge in [0, 0.05) is 47.8 Å². The normalized spacial score (nSPS) is 17.5. The summed E-state index contributed by atoms with van der Waals surface area (Å²) in [5.74, 6) is 0.508. The highest BCUT2D eigenvalue weighted by atomic mass is 16.2. The summed E-state index contributed by atoms with van der Waals surface area (Å²) < 4.78 is 1.95. The second kappa shape index (κ2) is 8.61. The average molecular weight is 405 g/mol. The number of hydrogen-bond acceptors (Lipinski definition) is 2. The lowest BCUT2D eigenvalue weighted by atomic mass is 10.1. The zero-order chi connectivity index (χ0) is 21.1. The fourth-order valence-corrected chi connectivity index (χ4v) is 4.00. The number of amides is 3. The van der Waals surface area contributed by atoms with Crippen molar-refractivity contribution in [2.45, 2.75) is 38.8 Å². The molecule has 2 aromatic carbocycles. The van der Waals surface area contributed by atoms with Gasteiger partial charge in [0.15, 0.2) is 0 Å². The maximum absolute atomic E-state index is 12.4. The molecule has 3 aromatic rings. The van der Waals surface area contributed by atoms with Crippen molar-refractivity contribution >= 4 is 28.5 Å². The molecule has 1 heterocycles. The number of nitrogens with one attached hydrogen (secondary N) is 2. The van der Waals surface area contributed by atoms with E-state index >= 15 is 0 Å². The molecule has 6 heteroatoms. The Morgan fingerprint density at radius 3 is 2.57 bits per heavy atom. The van der Waals surface area contributed by atoms with Gasteiger partial charge in [-0.25, -0.2) is 4.79 Å². The van der Waals surface area contributed by atoms with Crippen molar-refractivity contribution in [3.63, 3.8) is 0 Å². The maximum Gasteiger partial charge on any atom is 0.319 e. The maximum atomic E-state index is 12.4. The number of carbonyl (C=O) groups is 2. The van der Waals surface area contributed by atoms with Crippen LogP contribution < -0.4 is 10.6 Å². The van der Waals surface area contributed by atoms with Crippen LogP contribution in [0.15, 0.2) is 60.8 Å². The Morgan fingerprint density at radius 1 is 1.07 bits per heavy atom. The van der Waals surface area contributed by atoms with Gasteiger partial charge >= 0.3 is 6.03 Å². The van der Waals surface area contributed by atoms with Gasteiger partial charge in [-0.2, -0.15) is 0 Å². The largest absolute Gasteiger partial charge is 0.342 e. The van der Waals surface area contributed by atoms with Crippen LogP contribution in [-0.4, -0.2) is 40.5 Å². The molecule has 1 aromatic heterocycles. The number of rotatable bonds is 7. The first-order chi connectivity index (χ1) is 14.6. The molecule has 4 rings (SSSR count). The third-order valence-electron chi connectivity index (χ3n) is 5.79.